The predicted octanol–water partition coefficient (Wildman–Crippen LogP) is 3.55. The summed E-state index contributed by atoms with van der Waals surface area (Å²) in [4.78, 5) is 38.8. The summed E-state index contributed by atoms with van der Waals surface area (Å²) in [7, 11) is 2.98. The molecule has 4 aromatic rings. The average molecular weight is 416 g/mol. The van der Waals surface area contributed by atoms with Crippen LogP contribution in [0.3, 0.4) is 0 Å². The quantitative estimate of drug-likeness (QED) is 0.546. The number of hydrogen-bond acceptors (Lipinski definition) is 6. The summed E-state index contributed by atoms with van der Waals surface area (Å²) in [5.41, 5.74) is 3.75. The highest BCUT2D eigenvalue weighted by molar-refractivity contribution is 6.05. The van der Waals surface area contributed by atoms with E-state index in [0.717, 1.165) is 16.8 Å². The van der Waals surface area contributed by atoms with E-state index in [-0.39, 0.29) is 5.91 Å². The molecule has 0 saturated carbocycles. The Hall–Kier alpha value is -4.27. The normalized spacial score (nSPS) is 10.7. The first-order valence-corrected chi connectivity index (χ1v) is 9.45. The van der Waals surface area contributed by atoms with Gasteiger partial charge in [0.15, 0.2) is 0 Å². The second-order valence-electron chi connectivity index (χ2n) is 6.90. The number of aromatic nitrogens is 4. The molecule has 9 heteroatoms. The monoisotopic (exact) mass is 416 g/mol. The summed E-state index contributed by atoms with van der Waals surface area (Å²) in [6.07, 6.45) is 6.20. The number of rotatable bonds is 4. The fourth-order valence-corrected chi connectivity index (χ4v) is 3.05. The minimum Gasteiger partial charge on any atom is -0.453 e. The van der Waals surface area contributed by atoms with E-state index in [0.29, 0.717) is 22.8 Å². The van der Waals surface area contributed by atoms with Crippen molar-refractivity contribution in [1.82, 2.24) is 19.4 Å². The Morgan fingerprint density at radius 2 is 1.84 bits per heavy atom. The van der Waals surface area contributed by atoms with Gasteiger partial charge < -0.3 is 4.74 Å². The molecule has 0 aromatic carbocycles. The number of methoxy groups -OCH3 is 1. The zero-order valence-electron chi connectivity index (χ0n) is 17.2. The fourth-order valence-electron chi connectivity index (χ4n) is 3.05. The van der Waals surface area contributed by atoms with Crippen LogP contribution in [0.25, 0.3) is 16.9 Å². The Bertz CT molecular complexity index is 1250. The Kier molecular flexibility index (Phi) is 5.31. The van der Waals surface area contributed by atoms with Crippen molar-refractivity contribution in [3.8, 4) is 11.3 Å². The number of amides is 2. The van der Waals surface area contributed by atoms with Gasteiger partial charge in [-0.2, -0.15) is 0 Å². The maximum absolute atomic E-state index is 13.0. The number of nitrogens with zero attached hydrogens (tertiary/aromatic N) is 5. The standard InChI is InChI=1S/C22H20N6O3/c1-14-4-8-19(24-10-14)27(2)21(29)16-6-9-20-25-12-17(28(20)13-16)15-5-7-18(23-11-15)26-22(30)31-3/h4-13H,1-3H3,(H,23,26,30). The molecule has 156 valence electrons. The number of aryl methyl sites for hydroxylation is 1. The van der Waals surface area contributed by atoms with E-state index in [1.165, 1.54) is 12.0 Å². The molecule has 1 N–H and O–H groups in total. The van der Waals surface area contributed by atoms with Crippen LogP contribution in [0.4, 0.5) is 16.4 Å². The van der Waals surface area contributed by atoms with Crippen molar-refractivity contribution in [3.63, 3.8) is 0 Å². The van der Waals surface area contributed by atoms with Crippen LogP contribution >= 0.6 is 0 Å². The first-order valence-electron chi connectivity index (χ1n) is 9.45. The molecule has 0 atom stereocenters. The molecule has 0 radical (unpaired) electrons. The predicted molar refractivity (Wildman–Crippen MR) is 116 cm³/mol. The van der Waals surface area contributed by atoms with E-state index in [2.05, 4.69) is 25.0 Å². The molecule has 4 aromatic heterocycles. The third-order valence-electron chi connectivity index (χ3n) is 4.77. The first-order chi connectivity index (χ1) is 15.0. The van der Waals surface area contributed by atoms with Crippen molar-refractivity contribution in [3.05, 3.63) is 72.3 Å². The minimum atomic E-state index is -0.592. The third-order valence-corrected chi connectivity index (χ3v) is 4.77. The SMILES string of the molecule is COC(=O)Nc1ccc(-c2cnc3ccc(C(=O)N(C)c4ccc(C)cn4)cn23)cn1. The van der Waals surface area contributed by atoms with E-state index in [1.54, 1.807) is 56.1 Å². The van der Waals surface area contributed by atoms with Crippen molar-refractivity contribution in [2.24, 2.45) is 0 Å². The van der Waals surface area contributed by atoms with Crippen LogP contribution in [0.15, 0.2) is 61.2 Å². The van der Waals surface area contributed by atoms with Crippen LogP contribution in [-0.2, 0) is 4.74 Å². The van der Waals surface area contributed by atoms with Crippen LogP contribution in [0, 0.1) is 6.92 Å². The van der Waals surface area contributed by atoms with Gasteiger partial charge in [0, 0.05) is 31.2 Å². The van der Waals surface area contributed by atoms with Gasteiger partial charge >= 0.3 is 6.09 Å². The van der Waals surface area contributed by atoms with Gasteiger partial charge in [-0.3, -0.25) is 19.4 Å². The summed E-state index contributed by atoms with van der Waals surface area (Å²) >= 11 is 0. The number of ether oxygens (including phenoxy) is 1. The lowest BCUT2D eigenvalue weighted by molar-refractivity contribution is 0.0992. The van der Waals surface area contributed by atoms with Crippen LogP contribution in [0.2, 0.25) is 0 Å². The lowest BCUT2D eigenvalue weighted by atomic mass is 10.2. The van der Waals surface area contributed by atoms with Crippen LogP contribution in [-0.4, -0.2) is 45.5 Å². The molecule has 0 saturated heterocycles. The van der Waals surface area contributed by atoms with Gasteiger partial charge in [-0.25, -0.2) is 19.7 Å². The summed E-state index contributed by atoms with van der Waals surface area (Å²) in [5.74, 6) is 0.751. The first kappa shape index (κ1) is 20.0. The molecule has 0 aliphatic carbocycles. The molecule has 0 unspecified atom stereocenters. The van der Waals surface area contributed by atoms with E-state index in [1.807, 2.05) is 23.5 Å². The number of carbonyl (C=O) groups is 2. The molecule has 9 nitrogen and oxygen atoms in total. The summed E-state index contributed by atoms with van der Waals surface area (Å²) < 4.78 is 6.39. The molecule has 2 amide bonds. The lowest BCUT2D eigenvalue weighted by Gasteiger charge is -2.16. The van der Waals surface area contributed by atoms with E-state index in [9.17, 15) is 9.59 Å². The smallest absolute Gasteiger partial charge is 0.412 e. The van der Waals surface area contributed by atoms with Crippen molar-refractivity contribution in [2.75, 3.05) is 24.4 Å². The molecule has 4 heterocycles. The van der Waals surface area contributed by atoms with Crippen molar-refractivity contribution >= 4 is 29.3 Å². The highest BCUT2D eigenvalue weighted by Crippen LogP contribution is 2.23. The molecule has 0 aliphatic rings. The lowest BCUT2D eigenvalue weighted by Crippen LogP contribution is -2.27. The summed E-state index contributed by atoms with van der Waals surface area (Å²) in [5, 5.41) is 2.51. The number of pyridine rings is 3. The number of hydrogen-bond donors (Lipinski definition) is 1. The highest BCUT2D eigenvalue weighted by Gasteiger charge is 2.16. The second kappa shape index (κ2) is 8.23. The molecular weight excluding hydrogens is 396 g/mol. The van der Waals surface area contributed by atoms with E-state index >= 15 is 0 Å². The molecule has 4 rings (SSSR count). The van der Waals surface area contributed by atoms with Gasteiger partial charge in [0.1, 0.15) is 17.3 Å². The largest absolute Gasteiger partial charge is 0.453 e. The molecule has 0 spiro atoms. The van der Waals surface area contributed by atoms with Gasteiger partial charge in [-0.15, -0.1) is 0 Å². The fraction of sp³-hybridized carbons (Fsp3) is 0.136. The zero-order valence-corrected chi connectivity index (χ0v) is 17.2. The molecule has 0 aliphatic heterocycles. The number of nitrogens with one attached hydrogen (secondary N) is 1. The minimum absolute atomic E-state index is 0.186. The van der Waals surface area contributed by atoms with Crippen LogP contribution in [0.1, 0.15) is 15.9 Å². The molecule has 0 bridgehead atoms. The van der Waals surface area contributed by atoms with Gasteiger partial charge in [-0.05, 0) is 42.8 Å². The van der Waals surface area contributed by atoms with Crippen molar-refractivity contribution < 1.29 is 14.3 Å². The van der Waals surface area contributed by atoms with Crippen LogP contribution in [0.5, 0.6) is 0 Å². The van der Waals surface area contributed by atoms with Gasteiger partial charge in [0.2, 0.25) is 0 Å². The van der Waals surface area contributed by atoms with Crippen molar-refractivity contribution in [1.29, 1.82) is 0 Å². The summed E-state index contributed by atoms with van der Waals surface area (Å²) in [6.45, 7) is 1.94. The van der Waals surface area contributed by atoms with E-state index < -0.39 is 6.09 Å². The number of fused-ring (bicyclic) bond motifs is 1. The molecule has 0 fully saturated rings. The Morgan fingerprint density at radius 3 is 2.52 bits per heavy atom. The third kappa shape index (κ3) is 4.06. The Labute approximate surface area is 178 Å². The number of imidazole rings is 1. The maximum atomic E-state index is 13.0. The average Bonchev–Trinajstić information content (AvgIpc) is 3.22. The number of carbonyl (C=O) groups excluding carboxylic acids is 2. The number of anilines is 2. The maximum Gasteiger partial charge on any atom is 0.412 e. The Morgan fingerprint density at radius 1 is 1.00 bits per heavy atom. The van der Waals surface area contributed by atoms with Gasteiger partial charge in [0.25, 0.3) is 5.91 Å². The Balaban J connectivity index is 1.64. The van der Waals surface area contributed by atoms with Crippen molar-refractivity contribution in [2.45, 2.75) is 6.92 Å². The summed E-state index contributed by atoms with van der Waals surface area (Å²) in [6, 6.07) is 10.7. The van der Waals surface area contributed by atoms with Crippen LogP contribution < -0.4 is 10.2 Å². The second-order valence-corrected chi connectivity index (χ2v) is 6.90. The molecule has 31 heavy (non-hydrogen) atoms. The highest BCUT2D eigenvalue weighted by atomic mass is 16.5. The van der Waals surface area contributed by atoms with E-state index in [4.69, 9.17) is 0 Å². The molecular formula is C22H20N6O3. The topological polar surface area (TPSA) is 102 Å². The zero-order chi connectivity index (χ0) is 22.0. The van der Waals surface area contributed by atoms with Gasteiger partial charge in [0.05, 0.1) is 24.6 Å². The van der Waals surface area contributed by atoms with Gasteiger partial charge in [-0.1, -0.05) is 6.07 Å².